The highest BCUT2D eigenvalue weighted by molar-refractivity contribution is 4.90. The van der Waals surface area contributed by atoms with Crippen LogP contribution in [0.4, 0.5) is 0 Å². The fraction of sp³-hybridized carbons (Fsp3) is 1.00. The SMILES string of the molecule is CN1CCN(CC2CCC(CNC(C)(C)C)O2)CC1(C)C. The largest absolute Gasteiger partial charge is 0.372 e. The lowest BCUT2D eigenvalue weighted by Crippen LogP contribution is -2.58. The minimum Gasteiger partial charge on any atom is -0.372 e. The van der Waals surface area contributed by atoms with E-state index in [1.54, 1.807) is 0 Å². The number of hydrogen-bond acceptors (Lipinski definition) is 4. The number of likely N-dealkylation sites (N-methyl/N-ethyl adjacent to an activating group) is 1. The Hall–Kier alpha value is -0.160. The first-order valence-electron chi connectivity index (χ1n) is 8.50. The van der Waals surface area contributed by atoms with Crippen LogP contribution >= 0.6 is 0 Å². The number of nitrogens with zero attached hydrogens (tertiary/aromatic N) is 2. The normalized spacial score (nSPS) is 31.7. The Kier molecular flexibility index (Phi) is 5.35. The van der Waals surface area contributed by atoms with Gasteiger partial charge in [0.15, 0.2) is 0 Å². The molecule has 4 heteroatoms. The summed E-state index contributed by atoms with van der Waals surface area (Å²) >= 11 is 0. The zero-order valence-corrected chi connectivity index (χ0v) is 14.9. The van der Waals surface area contributed by atoms with Crippen LogP contribution in [0.3, 0.4) is 0 Å². The van der Waals surface area contributed by atoms with Crippen molar-refractivity contribution in [2.45, 2.75) is 70.7 Å². The summed E-state index contributed by atoms with van der Waals surface area (Å²) in [5.74, 6) is 0. The second kappa shape index (κ2) is 6.53. The number of rotatable bonds is 4. The molecule has 0 spiro atoms. The molecule has 2 atom stereocenters. The Labute approximate surface area is 131 Å². The molecule has 2 unspecified atom stereocenters. The molecule has 0 bridgehead atoms. The molecule has 0 amide bonds. The summed E-state index contributed by atoms with van der Waals surface area (Å²) in [7, 11) is 2.23. The quantitative estimate of drug-likeness (QED) is 0.858. The van der Waals surface area contributed by atoms with Crippen LogP contribution in [0.5, 0.6) is 0 Å². The molecule has 0 aromatic carbocycles. The predicted octanol–water partition coefficient (Wildman–Crippen LogP) is 1.95. The van der Waals surface area contributed by atoms with Gasteiger partial charge in [-0.05, 0) is 54.5 Å². The van der Waals surface area contributed by atoms with E-state index in [-0.39, 0.29) is 11.1 Å². The zero-order valence-electron chi connectivity index (χ0n) is 14.9. The van der Waals surface area contributed by atoms with Gasteiger partial charge >= 0.3 is 0 Å². The average Bonchev–Trinajstić information content (AvgIpc) is 2.78. The van der Waals surface area contributed by atoms with E-state index in [1.165, 1.54) is 19.4 Å². The van der Waals surface area contributed by atoms with Crippen molar-refractivity contribution >= 4 is 0 Å². The van der Waals surface area contributed by atoms with Crippen LogP contribution in [0.2, 0.25) is 0 Å². The maximum atomic E-state index is 6.24. The van der Waals surface area contributed by atoms with Gasteiger partial charge < -0.3 is 10.1 Å². The molecule has 2 aliphatic heterocycles. The first-order valence-corrected chi connectivity index (χ1v) is 8.50. The molecule has 0 aromatic heterocycles. The molecule has 0 aromatic rings. The van der Waals surface area contributed by atoms with E-state index in [2.05, 4.69) is 56.8 Å². The summed E-state index contributed by atoms with van der Waals surface area (Å²) in [5, 5.41) is 3.56. The number of ether oxygens (including phenoxy) is 1. The van der Waals surface area contributed by atoms with Crippen molar-refractivity contribution in [1.82, 2.24) is 15.1 Å². The fourth-order valence-electron chi connectivity index (χ4n) is 3.27. The molecule has 0 saturated carbocycles. The number of nitrogens with one attached hydrogen (secondary N) is 1. The first-order chi connectivity index (χ1) is 9.66. The Morgan fingerprint density at radius 3 is 2.43 bits per heavy atom. The van der Waals surface area contributed by atoms with Gasteiger partial charge in [0.05, 0.1) is 12.2 Å². The van der Waals surface area contributed by atoms with Crippen LogP contribution < -0.4 is 5.32 Å². The second-order valence-electron chi connectivity index (χ2n) is 8.56. The molecule has 1 N–H and O–H groups in total. The van der Waals surface area contributed by atoms with Crippen LogP contribution in [0.25, 0.3) is 0 Å². The Balaban J connectivity index is 1.73. The van der Waals surface area contributed by atoms with Gasteiger partial charge in [-0.1, -0.05) is 0 Å². The van der Waals surface area contributed by atoms with E-state index in [4.69, 9.17) is 4.74 Å². The maximum Gasteiger partial charge on any atom is 0.0707 e. The van der Waals surface area contributed by atoms with Crippen LogP contribution in [-0.4, -0.2) is 72.9 Å². The van der Waals surface area contributed by atoms with E-state index in [0.717, 1.165) is 26.2 Å². The minimum atomic E-state index is 0.183. The van der Waals surface area contributed by atoms with Gasteiger partial charge in [-0.3, -0.25) is 9.80 Å². The monoisotopic (exact) mass is 297 g/mol. The summed E-state index contributed by atoms with van der Waals surface area (Å²) in [6, 6.07) is 0. The molecule has 0 radical (unpaired) electrons. The van der Waals surface area contributed by atoms with Gasteiger partial charge in [0.25, 0.3) is 0 Å². The Bertz CT molecular complexity index is 337. The third-order valence-electron chi connectivity index (χ3n) is 4.91. The average molecular weight is 297 g/mol. The van der Waals surface area contributed by atoms with Gasteiger partial charge in [-0.15, -0.1) is 0 Å². The number of piperazine rings is 1. The Morgan fingerprint density at radius 1 is 1.14 bits per heavy atom. The highest BCUT2D eigenvalue weighted by Crippen LogP contribution is 2.24. The molecular weight excluding hydrogens is 262 g/mol. The summed E-state index contributed by atoms with van der Waals surface area (Å²) in [4.78, 5) is 5.05. The van der Waals surface area contributed by atoms with Gasteiger partial charge in [0.2, 0.25) is 0 Å². The lowest BCUT2D eigenvalue weighted by atomic mass is 9.99. The first kappa shape index (κ1) is 17.2. The van der Waals surface area contributed by atoms with E-state index in [1.807, 2.05) is 0 Å². The molecule has 2 saturated heterocycles. The summed E-state index contributed by atoms with van der Waals surface area (Å²) in [6.45, 7) is 16.9. The summed E-state index contributed by atoms with van der Waals surface area (Å²) in [5.41, 5.74) is 0.465. The van der Waals surface area contributed by atoms with Crippen LogP contribution in [0.15, 0.2) is 0 Å². The van der Waals surface area contributed by atoms with Crippen molar-refractivity contribution in [3.05, 3.63) is 0 Å². The van der Waals surface area contributed by atoms with E-state index < -0.39 is 0 Å². The van der Waals surface area contributed by atoms with E-state index in [0.29, 0.717) is 12.2 Å². The van der Waals surface area contributed by atoms with Gasteiger partial charge in [0.1, 0.15) is 0 Å². The topological polar surface area (TPSA) is 27.7 Å². The van der Waals surface area contributed by atoms with Crippen molar-refractivity contribution in [2.75, 3.05) is 39.8 Å². The highest BCUT2D eigenvalue weighted by Gasteiger charge is 2.34. The van der Waals surface area contributed by atoms with Gasteiger partial charge in [0, 0.05) is 43.8 Å². The fourth-order valence-corrected chi connectivity index (χ4v) is 3.27. The molecule has 2 fully saturated rings. The summed E-state index contributed by atoms with van der Waals surface area (Å²) in [6.07, 6.45) is 3.24. The molecule has 124 valence electrons. The molecule has 2 rings (SSSR count). The molecular formula is C17H35N3O. The zero-order chi connectivity index (χ0) is 15.7. The van der Waals surface area contributed by atoms with Gasteiger partial charge in [-0.25, -0.2) is 0 Å². The van der Waals surface area contributed by atoms with Crippen molar-refractivity contribution < 1.29 is 4.74 Å². The van der Waals surface area contributed by atoms with Crippen LogP contribution in [0.1, 0.15) is 47.5 Å². The third-order valence-corrected chi connectivity index (χ3v) is 4.91. The highest BCUT2D eigenvalue weighted by atomic mass is 16.5. The molecule has 4 nitrogen and oxygen atoms in total. The minimum absolute atomic E-state index is 0.183. The van der Waals surface area contributed by atoms with Crippen molar-refractivity contribution in [2.24, 2.45) is 0 Å². The number of hydrogen-bond donors (Lipinski definition) is 1. The Morgan fingerprint density at radius 2 is 1.81 bits per heavy atom. The van der Waals surface area contributed by atoms with Crippen molar-refractivity contribution in [3.63, 3.8) is 0 Å². The third kappa shape index (κ3) is 5.20. The van der Waals surface area contributed by atoms with Crippen LogP contribution in [0, 0.1) is 0 Å². The van der Waals surface area contributed by atoms with E-state index in [9.17, 15) is 0 Å². The molecule has 21 heavy (non-hydrogen) atoms. The molecule has 2 aliphatic rings. The van der Waals surface area contributed by atoms with Crippen LogP contribution in [-0.2, 0) is 4.74 Å². The predicted molar refractivity (Wildman–Crippen MR) is 88.8 cm³/mol. The molecule has 0 aliphatic carbocycles. The van der Waals surface area contributed by atoms with Crippen molar-refractivity contribution in [3.8, 4) is 0 Å². The maximum absolute atomic E-state index is 6.24. The standard InChI is InChI=1S/C17H35N3O/c1-16(2,3)18-11-14-7-8-15(21-14)12-20-10-9-19(6)17(4,5)13-20/h14-15,18H,7-13H2,1-6H3. The smallest absolute Gasteiger partial charge is 0.0707 e. The second-order valence-corrected chi connectivity index (χ2v) is 8.56. The lowest BCUT2D eigenvalue weighted by Gasteiger charge is -2.45. The van der Waals surface area contributed by atoms with E-state index >= 15 is 0 Å². The summed E-state index contributed by atoms with van der Waals surface area (Å²) < 4.78 is 6.24. The van der Waals surface area contributed by atoms with Crippen molar-refractivity contribution in [1.29, 1.82) is 0 Å². The lowest BCUT2D eigenvalue weighted by molar-refractivity contribution is -0.0129. The molecule has 2 heterocycles. The van der Waals surface area contributed by atoms with Gasteiger partial charge in [-0.2, -0.15) is 0 Å².